The first-order valence-electron chi connectivity index (χ1n) is 9.05. The van der Waals surface area contributed by atoms with Crippen LogP contribution in [0.15, 0.2) is 34.1 Å². The molecule has 27 heavy (non-hydrogen) atoms. The number of aryl methyl sites for hydroxylation is 1. The van der Waals surface area contributed by atoms with Crippen LogP contribution in [-0.2, 0) is 24.3 Å². The summed E-state index contributed by atoms with van der Waals surface area (Å²) in [6.45, 7) is 5.35. The Morgan fingerprint density at radius 3 is 2.89 bits per heavy atom. The van der Waals surface area contributed by atoms with Crippen LogP contribution < -0.4 is 5.32 Å². The van der Waals surface area contributed by atoms with Gasteiger partial charge < -0.3 is 4.57 Å². The van der Waals surface area contributed by atoms with Gasteiger partial charge in [-0.05, 0) is 65.0 Å². The van der Waals surface area contributed by atoms with Crippen LogP contribution in [0.5, 0.6) is 0 Å². The van der Waals surface area contributed by atoms with E-state index in [9.17, 15) is 4.79 Å². The molecule has 0 saturated carbocycles. The normalized spacial score (nSPS) is 12.4. The fourth-order valence-corrected chi connectivity index (χ4v) is 4.95. The summed E-state index contributed by atoms with van der Waals surface area (Å²) in [6.07, 6.45) is 2.33. The Kier molecular flexibility index (Phi) is 6.95. The SMILES string of the molecule is CCCn1c(C[N]C(=O)CC(C)Cc2ccc(Br)s2)nc2ccc(Cl)cc21. The first-order valence-corrected chi connectivity index (χ1v) is 11.0. The average Bonchev–Trinajstić information content (AvgIpc) is 3.17. The molecule has 4 nitrogen and oxygen atoms in total. The molecule has 143 valence electrons. The summed E-state index contributed by atoms with van der Waals surface area (Å²) in [6, 6.07) is 9.82. The monoisotopic (exact) mass is 466 g/mol. The number of hydrogen-bond donors (Lipinski definition) is 0. The van der Waals surface area contributed by atoms with Crippen molar-refractivity contribution in [2.24, 2.45) is 5.92 Å². The lowest BCUT2D eigenvalue weighted by Crippen LogP contribution is -2.20. The van der Waals surface area contributed by atoms with Gasteiger partial charge in [-0.15, -0.1) is 11.3 Å². The van der Waals surface area contributed by atoms with Crippen LogP contribution in [0.1, 0.15) is 37.4 Å². The molecule has 1 unspecified atom stereocenters. The zero-order valence-electron chi connectivity index (χ0n) is 15.4. The number of fused-ring (bicyclic) bond motifs is 1. The average molecular weight is 468 g/mol. The van der Waals surface area contributed by atoms with Crippen LogP contribution >= 0.6 is 38.9 Å². The number of imidazole rings is 1. The molecule has 1 amide bonds. The molecule has 0 bridgehead atoms. The van der Waals surface area contributed by atoms with E-state index in [1.165, 1.54) is 4.88 Å². The van der Waals surface area contributed by atoms with Crippen molar-refractivity contribution in [2.75, 3.05) is 0 Å². The molecule has 0 fully saturated rings. The van der Waals surface area contributed by atoms with Crippen molar-refractivity contribution in [1.82, 2.24) is 14.9 Å². The van der Waals surface area contributed by atoms with Gasteiger partial charge in [-0.1, -0.05) is 25.4 Å². The Morgan fingerprint density at radius 1 is 1.37 bits per heavy atom. The molecule has 7 heteroatoms. The van der Waals surface area contributed by atoms with Gasteiger partial charge in [-0.3, -0.25) is 4.79 Å². The predicted octanol–water partition coefficient (Wildman–Crippen LogP) is 5.82. The van der Waals surface area contributed by atoms with E-state index in [1.54, 1.807) is 11.3 Å². The van der Waals surface area contributed by atoms with Crippen molar-refractivity contribution in [3.8, 4) is 0 Å². The summed E-state index contributed by atoms with van der Waals surface area (Å²) in [5.74, 6) is 1.02. The molecule has 0 aliphatic carbocycles. The topological polar surface area (TPSA) is 49.0 Å². The molecule has 0 N–H and O–H groups in total. The van der Waals surface area contributed by atoms with Crippen LogP contribution in [-0.4, -0.2) is 15.5 Å². The molecule has 3 rings (SSSR count). The number of halogens is 2. The third-order valence-electron chi connectivity index (χ3n) is 4.33. The van der Waals surface area contributed by atoms with Crippen molar-refractivity contribution in [2.45, 2.75) is 46.2 Å². The first kappa shape index (κ1) is 20.4. The number of amides is 1. The lowest BCUT2D eigenvalue weighted by molar-refractivity contribution is -0.122. The zero-order valence-corrected chi connectivity index (χ0v) is 18.6. The van der Waals surface area contributed by atoms with Crippen molar-refractivity contribution in [3.63, 3.8) is 0 Å². The van der Waals surface area contributed by atoms with E-state index in [0.29, 0.717) is 18.0 Å². The number of rotatable bonds is 8. The minimum Gasteiger partial charge on any atom is -0.326 e. The highest BCUT2D eigenvalue weighted by atomic mass is 79.9. The number of benzene rings is 1. The smallest absolute Gasteiger partial charge is 0.241 e. The maximum absolute atomic E-state index is 12.3. The molecule has 1 aromatic carbocycles. The second-order valence-corrected chi connectivity index (χ2v) is 9.73. The standard InChI is InChI=1S/C20H22BrClN3OS/c1-3-8-25-17-11-14(22)4-6-16(17)24-19(25)12-23-20(26)10-13(2)9-15-5-7-18(21)27-15/h4-7,11,13H,3,8-10,12H2,1-2H3. The summed E-state index contributed by atoms with van der Waals surface area (Å²) in [4.78, 5) is 18.3. The van der Waals surface area contributed by atoms with Gasteiger partial charge in [0, 0.05) is 22.9 Å². The van der Waals surface area contributed by atoms with Gasteiger partial charge in [0.05, 0.1) is 14.8 Å². The van der Waals surface area contributed by atoms with Crippen molar-refractivity contribution in [1.29, 1.82) is 0 Å². The molecule has 1 atom stereocenters. The third kappa shape index (κ3) is 5.33. The van der Waals surface area contributed by atoms with Gasteiger partial charge in [0.25, 0.3) is 0 Å². The molecule has 2 aromatic heterocycles. The highest BCUT2D eigenvalue weighted by Gasteiger charge is 2.15. The molecule has 2 heterocycles. The fraction of sp³-hybridized carbons (Fsp3) is 0.400. The Bertz CT molecular complexity index is 937. The number of aromatic nitrogens is 2. The Hall–Kier alpha value is -1.37. The van der Waals surface area contributed by atoms with Gasteiger partial charge in [0.15, 0.2) is 0 Å². The van der Waals surface area contributed by atoms with Gasteiger partial charge in [-0.25, -0.2) is 10.3 Å². The number of hydrogen-bond acceptors (Lipinski definition) is 3. The van der Waals surface area contributed by atoms with E-state index in [-0.39, 0.29) is 11.8 Å². The second-order valence-electron chi connectivity index (χ2n) is 6.74. The van der Waals surface area contributed by atoms with Gasteiger partial charge in [0.2, 0.25) is 5.91 Å². The molecule has 0 saturated heterocycles. The van der Waals surface area contributed by atoms with E-state index >= 15 is 0 Å². The predicted molar refractivity (Wildman–Crippen MR) is 115 cm³/mol. The maximum atomic E-state index is 12.3. The third-order valence-corrected chi connectivity index (χ3v) is 6.22. The summed E-state index contributed by atoms with van der Waals surface area (Å²) in [5.41, 5.74) is 1.89. The minimum absolute atomic E-state index is 0.0636. The maximum Gasteiger partial charge on any atom is 0.241 e. The van der Waals surface area contributed by atoms with Crippen molar-refractivity contribution < 1.29 is 4.79 Å². The van der Waals surface area contributed by atoms with Gasteiger partial charge in [-0.2, -0.15) is 0 Å². The lowest BCUT2D eigenvalue weighted by atomic mass is 10.0. The number of carbonyl (C=O) groups is 1. The second kappa shape index (κ2) is 9.22. The molecular formula is C20H22BrClN3OS. The molecule has 0 aliphatic heterocycles. The van der Waals surface area contributed by atoms with Crippen LogP contribution in [0.4, 0.5) is 0 Å². The molecule has 0 aliphatic rings. The van der Waals surface area contributed by atoms with Crippen molar-refractivity contribution in [3.05, 3.63) is 49.8 Å². The highest BCUT2D eigenvalue weighted by Crippen LogP contribution is 2.25. The summed E-state index contributed by atoms with van der Waals surface area (Å²) >= 11 is 11.3. The van der Waals surface area contributed by atoms with E-state index in [4.69, 9.17) is 11.6 Å². The van der Waals surface area contributed by atoms with Crippen LogP contribution in [0.25, 0.3) is 11.0 Å². The Morgan fingerprint density at radius 2 is 2.19 bits per heavy atom. The summed E-state index contributed by atoms with van der Waals surface area (Å²) < 4.78 is 3.24. The van der Waals surface area contributed by atoms with Crippen molar-refractivity contribution >= 4 is 55.8 Å². The highest BCUT2D eigenvalue weighted by molar-refractivity contribution is 9.11. The Balaban J connectivity index is 1.61. The first-order chi connectivity index (χ1) is 13.0. The molecular weight excluding hydrogens is 446 g/mol. The lowest BCUT2D eigenvalue weighted by Gasteiger charge is -2.10. The molecule has 0 spiro atoms. The number of thiophene rings is 1. The van der Waals surface area contributed by atoms with Gasteiger partial charge >= 0.3 is 0 Å². The van der Waals surface area contributed by atoms with E-state index in [1.807, 2.05) is 24.3 Å². The number of carbonyl (C=O) groups excluding carboxylic acids is 1. The Labute approximate surface area is 177 Å². The summed E-state index contributed by atoms with van der Waals surface area (Å²) in [5, 5.41) is 4.97. The van der Waals surface area contributed by atoms with Crippen LogP contribution in [0, 0.1) is 5.92 Å². The number of nitrogens with zero attached hydrogens (tertiary/aromatic N) is 3. The fourth-order valence-electron chi connectivity index (χ4n) is 3.14. The zero-order chi connectivity index (χ0) is 19.4. The van der Waals surface area contributed by atoms with Crippen LogP contribution in [0.2, 0.25) is 5.02 Å². The van der Waals surface area contributed by atoms with Gasteiger partial charge in [0.1, 0.15) is 12.4 Å². The largest absolute Gasteiger partial charge is 0.326 e. The van der Waals surface area contributed by atoms with E-state index < -0.39 is 0 Å². The molecule has 1 radical (unpaired) electrons. The minimum atomic E-state index is -0.0636. The van der Waals surface area contributed by atoms with Crippen LogP contribution in [0.3, 0.4) is 0 Å². The molecule has 3 aromatic rings. The quantitative estimate of drug-likeness (QED) is 0.419. The summed E-state index contributed by atoms with van der Waals surface area (Å²) in [7, 11) is 0. The van der Waals surface area contributed by atoms with E-state index in [2.05, 4.69) is 50.7 Å². The van der Waals surface area contributed by atoms with E-state index in [0.717, 1.165) is 40.0 Å².